The Morgan fingerprint density at radius 1 is 0.972 bits per heavy atom. The number of hydrazine groups is 1. The zero-order valence-electron chi connectivity index (χ0n) is 18.5. The van der Waals surface area contributed by atoms with Crippen LogP contribution in [-0.4, -0.2) is 35.9 Å². The van der Waals surface area contributed by atoms with Crippen LogP contribution in [0.15, 0.2) is 69.6 Å². The van der Waals surface area contributed by atoms with Crippen molar-refractivity contribution < 1.29 is 19.1 Å². The number of ether oxygens (including phenoxy) is 1. The summed E-state index contributed by atoms with van der Waals surface area (Å²) in [6.45, 7) is 0. The Morgan fingerprint density at radius 2 is 1.72 bits per heavy atom. The summed E-state index contributed by atoms with van der Waals surface area (Å²) < 4.78 is 7.01. The molecule has 3 atom stereocenters. The Hall–Kier alpha value is -2.43. The largest absolute Gasteiger partial charge is 0.496 e. The quantitative estimate of drug-likeness (QED) is 0.361. The lowest BCUT2D eigenvalue weighted by atomic mass is 9.90. The molecule has 0 spiro atoms. The van der Waals surface area contributed by atoms with Crippen molar-refractivity contribution in [2.75, 3.05) is 12.0 Å². The molecule has 2 aliphatic heterocycles. The summed E-state index contributed by atoms with van der Waals surface area (Å²) in [6.07, 6.45) is 0. The van der Waals surface area contributed by atoms with Crippen molar-refractivity contribution in [2.45, 2.75) is 12.1 Å². The van der Waals surface area contributed by atoms with Gasteiger partial charge in [-0.15, -0.1) is 0 Å². The first-order chi connectivity index (χ1) is 17.2. The molecule has 3 aromatic rings. The topological polar surface area (TPSA) is 79.0 Å². The highest BCUT2D eigenvalue weighted by Crippen LogP contribution is 2.46. The van der Waals surface area contributed by atoms with E-state index in [0.29, 0.717) is 26.4 Å². The van der Waals surface area contributed by atoms with E-state index < -0.39 is 35.7 Å². The first kappa shape index (κ1) is 25.2. The van der Waals surface area contributed by atoms with E-state index in [2.05, 4.69) is 37.3 Å². The van der Waals surface area contributed by atoms with Gasteiger partial charge >= 0.3 is 0 Å². The third-order valence-corrected chi connectivity index (χ3v) is 7.73. The molecule has 3 amide bonds. The van der Waals surface area contributed by atoms with E-state index in [1.807, 2.05) is 0 Å². The number of benzene rings is 3. The van der Waals surface area contributed by atoms with Crippen LogP contribution in [0.4, 0.5) is 5.69 Å². The van der Waals surface area contributed by atoms with Gasteiger partial charge in [-0.3, -0.25) is 19.4 Å². The normalized spacial score (nSPS) is 21.2. The lowest BCUT2D eigenvalue weighted by Crippen LogP contribution is -2.48. The van der Waals surface area contributed by atoms with Crippen molar-refractivity contribution in [3.63, 3.8) is 0 Å². The van der Waals surface area contributed by atoms with Gasteiger partial charge in [0.25, 0.3) is 11.8 Å². The minimum Gasteiger partial charge on any atom is -0.496 e. The molecule has 2 saturated heterocycles. The molecule has 3 aromatic carbocycles. The van der Waals surface area contributed by atoms with Crippen LogP contribution in [0, 0.1) is 5.92 Å². The van der Waals surface area contributed by atoms with E-state index in [0.717, 1.165) is 9.37 Å². The van der Waals surface area contributed by atoms with Crippen LogP contribution in [0.5, 0.6) is 5.75 Å². The number of hydrogen-bond acceptors (Lipinski definition) is 5. The number of hydrogen-bond donors (Lipinski definition) is 1. The smallest absolute Gasteiger partial charge is 0.268 e. The highest BCUT2D eigenvalue weighted by atomic mass is 79.9. The van der Waals surface area contributed by atoms with Crippen LogP contribution >= 0.6 is 55.1 Å². The molecule has 0 aliphatic carbocycles. The van der Waals surface area contributed by atoms with E-state index in [1.54, 1.807) is 48.5 Å². The molecule has 2 heterocycles. The number of anilines is 1. The third-order valence-electron chi connectivity index (χ3n) is 6.20. The van der Waals surface area contributed by atoms with Crippen LogP contribution in [0.2, 0.25) is 10.0 Å². The number of nitrogens with one attached hydrogen (secondary N) is 1. The number of amides is 3. The summed E-state index contributed by atoms with van der Waals surface area (Å²) in [6, 6.07) is 14.9. The standard InChI is InChI=1S/C25H17Br2Cl2N3O4/c1-36-19-8-5-14(27)10-16(19)21-20-22(32(30-21)23(33)12-3-2-4-13(26)9-12)25(35)31(24(20)34)18-7-6-15(28)11-17(18)29/h2-11,20-22,30H,1H3/t20-,21-,22-/m0/s1. The van der Waals surface area contributed by atoms with E-state index in [-0.39, 0.29) is 10.7 Å². The third kappa shape index (κ3) is 4.22. The minimum absolute atomic E-state index is 0.151. The van der Waals surface area contributed by atoms with Crippen LogP contribution in [0.1, 0.15) is 22.0 Å². The predicted molar refractivity (Wildman–Crippen MR) is 143 cm³/mol. The van der Waals surface area contributed by atoms with Crippen molar-refractivity contribution in [1.82, 2.24) is 10.4 Å². The molecule has 2 aliphatic rings. The van der Waals surface area contributed by atoms with Gasteiger partial charge < -0.3 is 4.74 Å². The zero-order chi connectivity index (χ0) is 25.7. The van der Waals surface area contributed by atoms with Crippen LogP contribution in [0.25, 0.3) is 0 Å². The van der Waals surface area contributed by atoms with Gasteiger partial charge in [-0.2, -0.15) is 0 Å². The van der Waals surface area contributed by atoms with Gasteiger partial charge in [0.15, 0.2) is 0 Å². The molecule has 5 rings (SSSR count). The first-order valence-electron chi connectivity index (χ1n) is 10.7. The van der Waals surface area contributed by atoms with Gasteiger partial charge in [0.2, 0.25) is 5.91 Å². The fourth-order valence-corrected chi connectivity index (χ4v) is 5.91. The Labute approximate surface area is 233 Å². The maximum absolute atomic E-state index is 13.8. The summed E-state index contributed by atoms with van der Waals surface area (Å²) in [7, 11) is 1.52. The molecule has 0 unspecified atom stereocenters. The van der Waals surface area contributed by atoms with Crippen LogP contribution in [-0.2, 0) is 9.59 Å². The molecule has 7 nitrogen and oxygen atoms in total. The summed E-state index contributed by atoms with van der Waals surface area (Å²) in [5.41, 5.74) is 4.31. The SMILES string of the molecule is COc1ccc(Br)cc1[C@@H]1NN(C(=O)c2cccc(Br)c2)[C@@H]2C(=O)N(c3ccc(Cl)cc3Cl)C(=O)[C@H]21. The molecule has 0 aromatic heterocycles. The van der Waals surface area contributed by atoms with E-state index in [1.165, 1.54) is 24.3 Å². The molecule has 2 fully saturated rings. The average Bonchev–Trinajstić information content (AvgIpc) is 3.36. The Balaban J connectivity index is 1.64. The van der Waals surface area contributed by atoms with Crippen molar-refractivity contribution in [2.24, 2.45) is 5.92 Å². The van der Waals surface area contributed by atoms with Crippen molar-refractivity contribution in [1.29, 1.82) is 0 Å². The van der Waals surface area contributed by atoms with Gasteiger partial charge in [0, 0.05) is 25.1 Å². The van der Waals surface area contributed by atoms with Crippen LogP contribution in [0.3, 0.4) is 0 Å². The summed E-state index contributed by atoms with van der Waals surface area (Å²) >= 11 is 19.2. The van der Waals surface area contributed by atoms with E-state index >= 15 is 0 Å². The zero-order valence-corrected chi connectivity index (χ0v) is 23.2. The van der Waals surface area contributed by atoms with Gasteiger partial charge in [0.05, 0.1) is 29.8 Å². The molecule has 0 radical (unpaired) electrons. The average molecular weight is 654 g/mol. The second-order valence-electron chi connectivity index (χ2n) is 8.26. The van der Waals surface area contributed by atoms with E-state index in [9.17, 15) is 14.4 Å². The van der Waals surface area contributed by atoms with Crippen molar-refractivity contribution >= 4 is 78.5 Å². The monoisotopic (exact) mass is 651 g/mol. The first-order valence-corrected chi connectivity index (χ1v) is 13.1. The maximum atomic E-state index is 13.8. The Kier molecular flexibility index (Phi) is 6.86. The fraction of sp³-hybridized carbons (Fsp3) is 0.160. The summed E-state index contributed by atoms with van der Waals surface area (Å²) in [5, 5.41) is 1.76. The molecule has 1 N–H and O–H groups in total. The predicted octanol–water partition coefficient (Wildman–Crippen LogP) is 5.79. The summed E-state index contributed by atoms with van der Waals surface area (Å²) in [4.78, 5) is 42.3. The number of rotatable bonds is 4. The maximum Gasteiger partial charge on any atom is 0.268 e. The van der Waals surface area contributed by atoms with Gasteiger partial charge in [-0.05, 0) is 54.6 Å². The molecular weight excluding hydrogens is 637 g/mol. The molecule has 0 bridgehead atoms. The fourth-order valence-electron chi connectivity index (χ4n) is 4.64. The summed E-state index contributed by atoms with van der Waals surface area (Å²) in [5.74, 6) is -1.93. The van der Waals surface area contributed by atoms with Crippen LogP contribution < -0.4 is 15.1 Å². The number of fused-ring (bicyclic) bond motifs is 1. The lowest BCUT2D eigenvalue weighted by molar-refractivity contribution is -0.123. The Bertz CT molecular complexity index is 1420. The number of methoxy groups -OCH3 is 1. The second-order valence-corrected chi connectivity index (χ2v) is 10.9. The molecule has 11 heteroatoms. The lowest BCUT2D eigenvalue weighted by Gasteiger charge is -2.26. The van der Waals surface area contributed by atoms with Gasteiger partial charge in [-0.25, -0.2) is 10.3 Å². The van der Waals surface area contributed by atoms with Crippen molar-refractivity contribution in [3.8, 4) is 5.75 Å². The van der Waals surface area contributed by atoms with Crippen molar-refractivity contribution in [3.05, 3.63) is 90.8 Å². The number of carbonyl (C=O) groups is 3. The Morgan fingerprint density at radius 3 is 2.42 bits per heavy atom. The number of nitrogens with zero attached hydrogens (tertiary/aromatic N) is 2. The number of halogens is 4. The van der Waals surface area contributed by atoms with E-state index in [4.69, 9.17) is 27.9 Å². The van der Waals surface area contributed by atoms with Gasteiger partial charge in [-0.1, -0.05) is 61.1 Å². The number of carbonyl (C=O) groups excluding carboxylic acids is 3. The number of imide groups is 1. The second kappa shape index (κ2) is 9.79. The molecule has 36 heavy (non-hydrogen) atoms. The molecule has 0 saturated carbocycles. The molecule has 184 valence electrons. The molecular formula is C25H17Br2Cl2N3O4. The highest BCUT2D eigenvalue weighted by Gasteiger charge is 2.61. The van der Waals surface area contributed by atoms with Gasteiger partial charge in [0.1, 0.15) is 11.8 Å². The highest BCUT2D eigenvalue weighted by molar-refractivity contribution is 9.10. The minimum atomic E-state index is -1.11.